The molecule has 158 valence electrons. The van der Waals surface area contributed by atoms with Gasteiger partial charge in [0.25, 0.3) is 0 Å². The van der Waals surface area contributed by atoms with Gasteiger partial charge in [-0.15, -0.1) is 0 Å². The Kier molecular flexibility index (Phi) is 12.8. The fraction of sp³-hybridized carbons (Fsp3) is 0.652. The van der Waals surface area contributed by atoms with Gasteiger partial charge in [0.15, 0.2) is 6.29 Å². The quantitative estimate of drug-likeness (QED) is 0.133. The fourth-order valence-electron chi connectivity index (χ4n) is 3.30. The molecule has 0 unspecified atom stereocenters. The number of benzene rings is 1. The first-order chi connectivity index (χ1) is 13.6. The summed E-state index contributed by atoms with van der Waals surface area (Å²) in [4.78, 5) is 22.7. The molecular weight excluding hydrogens is 354 g/mol. The van der Waals surface area contributed by atoms with E-state index in [0.29, 0.717) is 12.7 Å². The Hall–Kier alpha value is -2.04. The predicted octanol–water partition coefficient (Wildman–Crippen LogP) is 6.33. The second-order valence-corrected chi connectivity index (χ2v) is 7.59. The lowest BCUT2D eigenvalue weighted by atomic mass is 10.0. The lowest BCUT2D eigenvalue weighted by molar-refractivity contribution is -0.116. The van der Waals surface area contributed by atoms with Crippen LogP contribution in [-0.4, -0.2) is 22.4 Å². The highest BCUT2D eigenvalue weighted by atomic mass is 16.3. The Balaban J connectivity index is 2.03. The minimum atomic E-state index is -0.260. The van der Waals surface area contributed by atoms with Crippen molar-refractivity contribution in [1.29, 1.82) is 0 Å². The third-order valence-electron chi connectivity index (χ3n) is 5.05. The van der Waals surface area contributed by atoms with Gasteiger partial charge in [-0.1, -0.05) is 84.0 Å². The molecule has 5 heteroatoms. The number of carbonyl (C=O) groups excluding carboxylic acids is 2. The highest BCUT2D eigenvalue weighted by Gasteiger charge is 2.11. The third kappa shape index (κ3) is 10.3. The summed E-state index contributed by atoms with van der Waals surface area (Å²) in [7, 11) is 0. The van der Waals surface area contributed by atoms with Gasteiger partial charge in [-0.3, -0.25) is 9.59 Å². The highest BCUT2D eigenvalue weighted by molar-refractivity contribution is 5.93. The van der Waals surface area contributed by atoms with Crippen molar-refractivity contribution in [2.24, 2.45) is 0 Å². The molecule has 28 heavy (non-hydrogen) atoms. The molecule has 0 atom stereocenters. The van der Waals surface area contributed by atoms with Crippen LogP contribution in [0.5, 0.6) is 11.5 Å². The maximum Gasteiger partial charge on any atom is 0.224 e. The number of aldehydes is 1. The zero-order chi connectivity index (χ0) is 20.6. The lowest BCUT2D eigenvalue weighted by Gasteiger charge is -2.09. The van der Waals surface area contributed by atoms with Crippen LogP contribution < -0.4 is 5.32 Å². The topological polar surface area (TPSA) is 86.6 Å². The van der Waals surface area contributed by atoms with E-state index in [1.54, 1.807) is 0 Å². The van der Waals surface area contributed by atoms with Crippen molar-refractivity contribution in [1.82, 2.24) is 0 Å². The number of rotatable bonds is 16. The van der Waals surface area contributed by atoms with Crippen molar-refractivity contribution in [2.45, 2.75) is 96.8 Å². The molecule has 0 saturated carbocycles. The summed E-state index contributed by atoms with van der Waals surface area (Å²) in [5.41, 5.74) is 0.120. The third-order valence-corrected chi connectivity index (χ3v) is 5.05. The van der Waals surface area contributed by atoms with E-state index in [9.17, 15) is 19.8 Å². The van der Waals surface area contributed by atoms with Crippen LogP contribution in [0.25, 0.3) is 0 Å². The molecule has 0 fully saturated rings. The molecule has 0 aliphatic rings. The number of amides is 1. The molecule has 3 N–H and O–H groups in total. The number of aromatic hydroxyl groups is 2. The van der Waals surface area contributed by atoms with Crippen molar-refractivity contribution < 1.29 is 19.8 Å². The molecular formula is C23H37NO4. The standard InChI is InChI=1S/C23H37NO4/c1-2-3-4-5-6-7-8-9-10-11-12-13-14-15-23(28)24-20-17-21(26)19(18-25)16-22(20)27/h16-18,26-27H,2-15H2,1H3,(H,24,28). The summed E-state index contributed by atoms with van der Waals surface area (Å²) in [6.45, 7) is 2.25. The number of phenolic OH excluding ortho intramolecular Hbond substituents is 2. The van der Waals surface area contributed by atoms with Crippen molar-refractivity contribution in [3.63, 3.8) is 0 Å². The second-order valence-electron chi connectivity index (χ2n) is 7.59. The smallest absolute Gasteiger partial charge is 0.224 e. The molecule has 0 bridgehead atoms. The number of nitrogens with one attached hydrogen (secondary N) is 1. The maximum absolute atomic E-state index is 12.0. The van der Waals surface area contributed by atoms with Gasteiger partial charge in [-0.2, -0.15) is 0 Å². The van der Waals surface area contributed by atoms with Crippen LogP contribution in [0.4, 0.5) is 5.69 Å². The van der Waals surface area contributed by atoms with Gasteiger partial charge in [0.1, 0.15) is 11.5 Å². The van der Waals surface area contributed by atoms with Gasteiger partial charge in [0, 0.05) is 12.5 Å². The first kappa shape index (κ1) is 24.0. The molecule has 0 radical (unpaired) electrons. The largest absolute Gasteiger partial charge is 0.507 e. The summed E-state index contributed by atoms with van der Waals surface area (Å²) in [6, 6.07) is 2.34. The summed E-state index contributed by atoms with van der Waals surface area (Å²) < 4.78 is 0. The molecule has 1 rings (SSSR count). The number of hydrogen-bond donors (Lipinski definition) is 3. The number of unbranched alkanes of at least 4 members (excludes halogenated alkanes) is 12. The molecule has 0 aliphatic heterocycles. The van der Waals surface area contributed by atoms with Crippen LogP contribution in [0.3, 0.4) is 0 Å². The van der Waals surface area contributed by atoms with E-state index in [-0.39, 0.29) is 28.7 Å². The van der Waals surface area contributed by atoms with E-state index < -0.39 is 0 Å². The molecule has 0 saturated heterocycles. The molecule has 0 aliphatic carbocycles. The Bertz CT molecular complexity index is 586. The van der Waals surface area contributed by atoms with E-state index in [1.807, 2.05) is 0 Å². The zero-order valence-electron chi connectivity index (χ0n) is 17.3. The van der Waals surface area contributed by atoms with E-state index >= 15 is 0 Å². The number of carbonyl (C=O) groups is 2. The molecule has 0 spiro atoms. The molecule has 0 heterocycles. The summed E-state index contributed by atoms with van der Waals surface area (Å²) >= 11 is 0. The van der Waals surface area contributed by atoms with Crippen molar-refractivity contribution in [2.75, 3.05) is 5.32 Å². The van der Waals surface area contributed by atoms with Gasteiger partial charge in [-0.05, 0) is 12.5 Å². The normalized spacial score (nSPS) is 10.8. The SMILES string of the molecule is CCCCCCCCCCCCCCCC(=O)Nc1cc(O)c(C=O)cc1O. The number of phenols is 2. The monoisotopic (exact) mass is 391 g/mol. The van der Waals surface area contributed by atoms with Crippen LogP contribution in [0.2, 0.25) is 0 Å². The Morgan fingerprint density at radius 1 is 0.821 bits per heavy atom. The van der Waals surface area contributed by atoms with Crippen molar-refractivity contribution >= 4 is 17.9 Å². The van der Waals surface area contributed by atoms with Crippen molar-refractivity contribution in [3.8, 4) is 11.5 Å². The second kappa shape index (κ2) is 14.9. The molecule has 1 aromatic carbocycles. The maximum atomic E-state index is 12.0. The van der Waals surface area contributed by atoms with Gasteiger partial charge >= 0.3 is 0 Å². The highest BCUT2D eigenvalue weighted by Crippen LogP contribution is 2.30. The average Bonchev–Trinajstić information content (AvgIpc) is 2.68. The minimum absolute atomic E-state index is 0.00741. The van der Waals surface area contributed by atoms with Crippen LogP contribution >= 0.6 is 0 Å². The zero-order valence-corrected chi connectivity index (χ0v) is 17.3. The van der Waals surface area contributed by atoms with Crippen LogP contribution in [0.15, 0.2) is 12.1 Å². The van der Waals surface area contributed by atoms with E-state index in [2.05, 4.69) is 12.2 Å². The van der Waals surface area contributed by atoms with Crippen LogP contribution in [-0.2, 0) is 4.79 Å². The summed E-state index contributed by atoms with van der Waals surface area (Å²) in [5, 5.41) is 22.0. The average molecular weight is 392 g/mol. The lowest BCUT2D eigenvalue weighted by Crippen LogP contribution is -2.11. The Morgan fingerprint density at radius 2 is 1.32 bits per heavy atom. The van der Waals surface area contributed by atoms with Crippen LogP contribution in [0.1, 0.15) is 107 Å². The first-order valence-electron chi connectivity index (χ1n) is 10.9. The molecule has 0 aromatic heterocycles. The minimum Gasteiger partial charge on any atom is -0.507 e. The van der Waals surface area contributed by atoms with Gasteiger partial charge in [0.2, 0.25) is 5.91 Å². The van der Waals surface area contributed by atoms with Gasteiger partial charge in [0.05, 0.1) is 11.3 Å². The molecule has 1 amide bonds. The van der Waals surface area contributed by atoms with E-state index in [0.717, 1.165) is 25.3 Å². The Labute approximate surface area is 169 Å². The van der Waals surface area contributed by atoms with Gasteiger partial charge < -0.3 is 15.5 Å². The fourth-order valence-corrected chi connectivity index (χ4v) is 3.30. The first-order valence-corrected chi connectivity index (χ1v) is 10.9. The van der Waals surface area contributed by atoms with Crippen molar-refractivity contribution in [3.05, 3.63) is 17.7 Å². The molecule has 5 nitrogen and oxygen atoms in total. The van der Waals surface area contributed by atoms with E-state index in [1.165, 1.54) is 70.3 Å². The number of hydrogen-bond acceptors (Lipinski definition) is 4. The van der Waals surface area contributed by atoms with Gasteiger partial charge in [-0.25, -0.2) is 0 Å². The number of anilines is 1. The Morgan fingerprint density at radius 3 is 1.82 bits per heavy atom. The molecule has 1 aromatic rings. The van der Waals surface area contributed by atoms with Crippen LogP contribution in [0, 0.1) is 0 Å². The van der Waals surface area contributed by atoms with E-state index in [4.69, 9.17) is 0 Å². The summed E-state index contributed by atoms with van der Waals surface area (Å²) in [6.07, 6.45) is 17.1. The predicted molar refractivity (Wildman–Crippen MR) is 114 cm³/mol. The summed E-state index contributed by atoms with van der Waals surface area (Å²) in [5.74, 6) is -0.681.